The van der Waals surface area contributed by atoms with Gasteiger partial charge < -0.3 is 4.74 Å². The number of hydrogen-bond acceptors (Lipinski definition) is 5. The van der Waals surface area contributed by atoms with E-state index in [1.165, 1.54) is 6.07 Å². The summed E-state index contributed by atoms with van der Waals surface area (Å²) in [6, 6.07) is 3.09. The summed E-state index contributed by atoms with van der Waals surface area (Å²) in [4.78, 5) is 10.4. The molecule has 2 N–H and O–H groups in total. The molecular weight excluding hydrogens is 284 g/mol. The Bertz CT molecular complexity index is 598. The largest absolute Gasteiger partial charge is 0.493 e. The number of benzene rings is 1. The number of nitro groups is 1. The number of primary sulfonamides is 1. The van der Waals surface area contributed by atoms with Crippen molar-refractivity contribution in [2.45, 2.75) is 26.7 Å². The highest BCUT2D eigenvalue weighted by Crippen LogP contribution is 2.28. The SMILES string of the molecule is Cc1cc(C)c([N+](=O)[O-])cc1OCCCCS(N)(=O)=O. The number of ether oxygens (including phenoxy) is 1. The van der Waals surface area contributed by atoms with Gasteiger partial charge in [-0.05, 0) is 38.3 Å². The van der Waals surface area contributed by atoms with E-state index >= 15 is 0 Å². The van der Waals surface area contributed by atoms with Gasteiger partial charge in [0.1, 0.15) is 5.75 Å². The van der Waals surface area contributed by atoms with Gasteiger partial charge in [-0.2, -0.15) is 0 Å². The molecule has 1 rings (SSSR count). The zero-order chi connectivity index (χ0) is 15.3. The zero-order valence-electron chi connectivity index (χ0n) is 11.5. The van der Waals surface area contributed by atoms with E-state index in [1.54, 1.807) is 19.9 Å². The minimum Gasteiger partial charge on any atom is -0.493 e. The third-order valence-electron chi connectivity index (χ3n) is 2.77. The van der Waals surface area contributed by atoms with Gasteiger partial charge in [0.25, 0.3) is 5.69 Å². The Hall–Kier alpha value is -1.67. The van der Waals surface area contributed by atoms with Crippen molar-refractivity contribution in [1.82, 2.24) is 0 Å². The highest BCUT2D eigenvalue weighted by atomic mass is 32.2. The van der Waals surface area contributed by atoms with Crippen molar-refractivity contribution in [2.24, 2.45) is 5.14 Å². The summed E-state index contributed by atoms with van der Waals surface area (Å²) in [6.07, 6.45) is 0.906. The van der Waals surface area contributed by atoms with Gasteiger partial charge in [-0.15, -0.1) is 0 Å². The first-order valence-electron chi connectivity index (χ1n) is 6.09. The molecule has 112 valence electrons. The quantitative estimate of drug-likeness (QED) is 0.467. The Morgan fingerprint density at radius 1 is 1.25 bits per heavy atom. The van der Waals surface area contributed by atoms with Gasteiger partial charge in [-0.3, -0.25) is 10.1 Å². The standard InChI is InChI=1S/C12H18N2O5S/c1-9-7-10(2)12(8-11(9)14(15)16)19-5-3-4-6-20(13,17)18/h7-8H,3-6H2,1-2H3,(H2,13,17,18). The molecule has 0 aliphatic heterocycles. The maximum atomic E-state index is 10.8. The lowest BCUT2D eigenvalue weighted by atomic mass is 10.1. The topological polar surface area (TPSA) is 113 Å². The van der Waals surface area contributed by atoms with Crippen molar-refractivity contribution in [3.8, 4) is 5.75 Å². The lowest BCUT2D eigenvalue weighted by Crippen LogP contribution is -2.16. The van der Waals surface area contributed by atoms with E-state index in [1.807, 2.05) is 0 Å². The molecule has 0 fully saturated rings. The number of nitrogens with two attached hydrogens (primary N) is 1. The summed E-state index contributed by atoms with van der Waals surface area (Å²) in [6.45, 7) is 3.76. The average molecular weight is 302 g/mol. The van der Waals surface area contributed by atoms with Crippen molar-refractivity contribution in [3.63, 3.8) is 0 Å². The predicted octanol–water partition coefficient (Wildman–Crippen LogP) is 1.66. The van der Waals surface area contributed by atoms with Crippen LogP contribution in [0, 0.1) is 24.0 Å². The zero-order valence-corrected chi connectivity index (χ0v) is 12.3. The summed E-state index contributed by atoms with van der Waals surface area (Å²) in [7, 11) is -3.45. The summed E-state index contributed by atoms with van der Waals surface area (Å²) in [5.74, 6) is 0.349. The van der Waals surface area contributed by atoms with Crippen LogP contribution >= 0.6 is 0 Å². The Morgan fingerprint density at radius 2 is 1.90 bits per heavy atom. The molecule has 0 bridgehead atoms. The smallest absolute Gasteiger partial charge is 0.276 e. The van der Waals surface area contributed by atoms with Crippen LogP contribution in [0.5, 0.6) is 5.75 Å². The molecule has 0 unspecified atom stereocenters. The monoisotopic (exact) mass is 302 g/mol. The molecule has 0 saturated heterocycles. The molecule has 0 spiro atoms. The number of unbranched alkanes of at least 4 members (excludes halogenated alkanes) is 1. The van der Waals surface area contributed by atoms with Gasteiger partial charge in [0.05, 0.1) is 23.3 Å². The Labute approximate surface area is 117 Å². The van der Waals surface area contributed by atoms with Crippen molar-refractivity contribution >= 4 is 15.7 Å². The number of hydrogen-bond donors (Lipinski definition) is 1. The summed E-state index contributed by atoms with van der Waals surface area (Å²) >= 11 is 0. The van der Waals surface area contributed by atoms with Crippen molar-refractivity contribution in [1.29, 1.82) is 0 Å². The van der Waals surface area contributed by atoms with E-state index in [0.717, 1.165) is 5.56 Å². The van der Waals surface area contributed by atoms with Gasteiger partial charge in [-0.25, -0.2) is 13.6 Å². The highest BCUT2D eigenvalue weighted by Gasteiger charge is 2.14. The minimum absolute atomic E-state index is 0.00939. The maximum absolute atomic E-state index is 10.8. The Kier molecular flexibility index (Phi) is 5.46. The molecule has 8 heteroatoms. The van der Waals surface area contributed by atoms with E-state index in [9.17, 15) is 18.5 Å². The minimum atomic E-state index is -3.45. The molecular formula is C12H18N2O5S. The molecule has 1 aromatic carbocycles. The van der Waals surface area contributed by atoms with Crippen LogP contribution < -0.4 is 9.88 Å². The normalized spacial score (nSPS) is 11.3. The number of sulfonamides is 1. The second-order valence-electron chi connectivity index (χ2n) is 4.58. The van der Waals surface area contributed by atoms with Crippen LogP contribution in [0.15, 0.2) is 12.1 Å². The first-order valence-corrected chi connectivity index (χ1v) is 7.81. The van der Waals surface area contributed by atoms with Crippen LogP contribution in [0.2, 0.25) is 0 Å². The fourth-order valence-electron chi connectivity index (χ4n) is 1.76. The van der Waals surface area contributed by atoms with Crippen LogP contribution in [0.1, 0.15) is 24.0 Å². The molecule has 0 aromatic heterocycles. The van der Waals surface area contributed by atoms with Crippen LogP contribution in [-0.2, 0) is 10.0 Å². The van der Waals surface area contributed by atoms with Crippen LogP contribution in [0.3, 0.4) is 0 Å². The predicted molar refractivity (Wildman–Crippen MR) is 75.3 cm³/mol. The number of nitrogens with zero attached hydrogens (tertiary/aromatic N) is 1. The molecule has 0 atom stereocenters. The number of rotatable bonds is 7. The van der Waals surface area contributed by atoms with Gasteiger partial charge in [0.15, 0.2) is 0 Å². The Balaban J connectivity index is 2.60. The lowest BCUT2D eigenvalue weighted by Gasteiger charge is -2.10. The van der Waals surface area contributed by atoms with Gasteiger partial charge in [0, 0.05) is 5.56 Å². The van der Waals surface area contributed by atoms with Gasteiger partial charge in [0.2, 0.25) is 10.0 Å². The second kappa shape index (κ2) is 6.67. The van der Waals surface area contributed by atoms with Gasteiger partial charge >= 0.3 is 0 Å². The second-order valence-corrected chi connectivity index (χ2v) is 6.32. The van der Waals surface area contributed by atoms with Crippen molar-refractivity contribution in [3.05, 3.63) is 33.4 Å². The van der Waals surface area contributed by atoms with E-state index in [-0.39, 0.29) is 18.0 Å². The van der Waals surface area contributed by atoms with Crippen molar-refractivity contribution in [2.75, 3.05) is 12.4 Å². The molecule has 20 heavy (non-hydrogen) atoms. The number of nitro benzene ring substituents is 1. The molecule has 0 heterocycles. The maximum Gasteiger partial charge on any atom is 0.276 e. The first kappa shape index (κ1) is 16.4. The molecule has 0 amide bonds. The molecule has 0 saturated carbocycles. The summed E-state index contributed by atoms with van der Waals surface area (Å²) in [5, 5.41) is 15.7. The third-order valence-corrected chi connectivity index (χ3v) is 3.63. The molecule has 0 aliphatic rings. The third kappa shape index (κ3) is 5.14. The number of aryl methyl sites for hydroxylation is 2. The fourth-order valence-corrected chi connectivity index (χ4v) is 2.37. The fraction of sp³-hybridized carbons (Fsp3) is 0.500. The molecule has 1 aromatic rings. The van der Waals surface area contributed by atoms with Crippen molar-refractivity contribution < 1.29 is 18.1 Å². The molecule has 0 radical (unpaired) electrons. The lowest BCUT2D eigenvalue weighted by molar-refractivity contribution is -0.385. The summed E-state index contributed by atoms with van der Waals surface area (Å²) in [5.41, 5.74) is 1.39. The average Bonchev–Trinajstić information content (AvgIpc) is 2.29. The van der Waals surface area contributed by atoms with Crippen LogP contribution in [-0.4, -0.2) is 25.7 Å². The molecule has 0 aliphatic carbocycles. The first-order chi connectivity index (χ1) is 9.20. The van der Waals surface area contributed by atoms with E-state index in [0.29, 0.717) is 24.2 Å². The molecule has 7 nitrogen and oxygen atoms in total. The van der Waals surface area contributed by atoms with E-state index < -0.39 is 14.9 Å². The van der Waals surface area contributed by atoms with Crippen LogP contribution in [0.4, 0.5) is 5.69 Å². The van der Waals surface area contributed by atoms with Gasteiger partial charge in [-0.1, -0.05) is 0 Å². The van der Waals surface area contributed by atoms with E-state index in [2.05, 4.69) is 0 Å². The van der Waals surface area contributed by atoms with Crippen LogP contribution in [0.25, 0.3) is 0 Å². The Morgan fingerprint density at radius 3 is 2.45 bits per heavy atom. The highest BCUT2D eigenvalue weighted by molar-refractivity contribution is 7.89. The summed E-state index contributed by atoms with van der Waals surface area (Å²) < 4.78 is 26.9. The van der Waals surface area contributed by atoms with E-state index in [4.69, 9.17) is 9.88 Å².